The van der Waals surface area contributed by atoms with E-state index in [1.807, 2.05) is 6.92 Å². The van der Waals surface area contributed by atoms with Crippen LogP contribution in [0.1, 0.15) is 33.1 Å². The predicted molar refractivity (Wildman–Crippen MR) is 63.4 cm³/mol. The standard InChI is InChI=1S/C13H19NO3/c1-9(10-3-4-10)7-11(15)14-6-5-13(2,8-14)12(16)17/h7,10H,3-6,8H2,1-2H3,(H,16,17)/b9-7+. The Kier molecular flexibility index (Phi) is 2.98. The lowest BCUT2D eigenvalue weighted by Crippen LogP contribution is -2.34. The van der Waals surface area contributed by atoms with E-state index in [0.29, 0.717) is 25.4 Å². The van der Waals surface area contributed by atoms with E-state index >= 15 is 0 Å². The second-order valence-electron chi connectivity index (χ2n) is 5.54. The van der Waals surface area contributed by atoms with Crippen molar-refractivity contribution in [3.63, 3.8) is 0 Å². The number of carbonyl (C=O) groups excluding carboxylic acids is 1. The minimum absolute atomic E-state index is 0.0284. The molecule has 2 rings (SSSR count). The van der Waals surface area contributed by atoms with Crippen LogP contribution in [0.25, 0.3) is 0 Å². The quantitative estimate of drug-likeness (QED) is 0.759. The molecule has 94 valence electrons. The summed E-state index contributed by atoms with van der Waals surface area (Å²) in [5.74, 6) is -0.248. The van der Waals surface area contributed by atoms with Crippen LogP contribution < -0.4 is 0 Å². The van der Waals surface area contributed by atoms with Crippen molar-refractivity contribution in [1.82, 2.24) is 4.90 Å². The molecule has 1 N–H and O–H groups in total. The van der Waals surface area contributed by atoms with Crippen LogP contribution in [0.2, 0.25) is 0 Å². The highest BCUT2D eigenvalue weighted by atomic mass is 16.4. The van der Waals surface area contributed by atoms with Crippen LogP contribution in [0.4, 0.5) is 0 Å². The lowest BCUT2D eigenvalue weighted by atomic mass is 9.90. The highest BCUT2D eigenvalue weighted by Gasteiger charge is 2.41. The Balaban J connectivity index is 1.98. The first kappa shape index (κ1) is 12.1. The minimum Gasteiger partial charge on any atom is -0.481 e. The summed E-state index contributed by atoms with van der Waals surface area (Å²) in [5.41, 5.74) is 0.371. The van der Waals surface area contributed by atoms with Crippen molar-refractivity contribution in [2.75, 3.05) is 13.1 Å². The van der Waals surface area contributed by atoms with Crippen LogP contribution in [0.3, 0.4) is 0 Å². The predicted octanol–water partition coefficient (Wildman–Crippen LogP) is 1.67. The normalized spacial score (nSPS) is 29.5. The summed E-state index contributed by atoms with van der Waals surface area (Å²) >= 11 is 0. The summed E-state index contributed by atoms with van der Waals surface area (Å²) in [5, 5.41) is 9.10. The molecule has 1 amide bonds. The Hall–Kier alpha value is -1.32. The molecular formula is C13H19NO3. The monoisotopic (exact) mass is 237 g/mol. The van der Waals surface area contributed by atoms with Crippen molar-refractivity contribution in [2.45, 2.75) is 33.1 Å². The van der Waals surface area contributed by atoms with Crippen LogP contribution in [-0.4, -0.2) is 35.0 Å². The molecule has 4 heteroatoms. The Morgan fingerprint density at radius 1 is 1.41 bits per heavy atom. The summed E-state index contributed by atoms with van der Waals surface area (Å²) in [6, 6.07) is 0. The molecule has 0 aromatic heterocycles. The Morgan fingerprint density at radius 2 is 2.06 bits per heavy atom. The van der Waals surface area contributed by atoms with Gasteiger partial charge in [0.1, 0.15) is 0 Å². The number of hydrogen-bond acceptors (Lipinski definition) is 2. The van der Waals surface area contributed by atoms with Crippen molar-refractivity contribution in [3.8, 4) is 0 Å². The van der Waals surface area contributed by atoms with Gasteiger partial charge >= 0.3 is 5.97 Å². The van der Waals surface area contributed by atoms with Gasteiger partial charge in [0.05, 0.1) is 5.41 Å². The van der Waals surface area contributed by atoms with Crippen LogP contribution >= 0.6 is 0 Å². The Bertz CT molecular complexity index is 384. The molecule has 1 saturated heterocycles. The number of carbonyl (C=O) groups is 2. The van der Waals surface area contributed by atoms with Gasteiger partial charge in [-0.05, 0) is 39.0 Å². The van der Waals surface area contributed by atoms with Gasteiger partial charge in [-0.25, -0.2) is 0 Å². The number of nitrogens with zero attached hydrogens (tertiary/aromatic N) is 1. The number of amides is 1. The molecule has 1 unspecified atom stereocenters. The maximum absolute atomic E-state index is 12.0. The number of likely N-dealkylation sites (tertiary alicyclic amines) is 1. The van der Waals surface area contributed by atoms with Gasteiger partial charge in [-0.1, -0.05) is 5.57 Å². The van der Waals surface area contributed by atoms with Crippen molar-refractivity contribution < 1.29 is 14.7 Å². The van der Waals surface area contributed by atoms with Crippen LogP contribution in [0.15, 0.2) is 11.6 Å². The first-order chi connectivity index (χ1) is 7.92. The third kappa shape index (κ3) is 2.51. The second-order valence-corrected chi connectivity index (χ2v) is 5.54. The van der Waals surface area contributed by atoms with E-state index in [1.54, 1.807) is 17.9 Å². The molecule has 0 spiro atoms. The van der Waals surface area contributed by atoms with E-state index in [1.165, 1.54) is 12.8 Å². The number of rotatable bonds is 3. The third-order valence-electron chi connectivity index (χ3n) is 3.87. The van der Waals surface area contributed by atoms with Crippen LogP contribution in [-0.2, 0) is 9.59 Å². The number of hydrogen-bond donors (Lipinski definition) is 1. The summed E-state index contributed by atoms with van der Waals surface area (Å²) in [6.45, 7) is 4.58. The average molecular weight is 237 g/mol. The maximum Gasteiger partial charge on any atom is 0.311 e. The molecule has 0 radical (unpaired) electrons. The van der Waals surface area contributed by atoms with Gasteiger partial charge in [-0.15, -0.1) is 0 Å². The summed E-state index contributed by atoms with van der Waals surface area (Å²) < 4.78 is 0. The minimum atomic E-state index is -0.810. The van der Waals surface area contributed by atoms with E-state index in [-0.39, 0.29) is 5.91 Å². The third-order valence-corrected chi connectivity index (χ3v) is 3.87. The van der Waals surface area contributed by atoms with Gasteiger partial charge in [0, 0.05) is 19.2 Å². The highest BCUT2D eigenvalue weighted by molar-refractivity contribution is 5.89. The van der Waals surface area contributed by atoms with Gasteiger partial charge < -0.3 is 10.0 Å². The number of carboxylic acids is 1. The fourth-order valence-corrected chi connectivity index (χ4v) is 2.27. The van der Waals surface area contributed by atoms with E-state index in [4.69, 9.17) is 5.11 Å². The zero-order chi connectivity index (χ0) is 12.6. The molecule has 2 aliphatic rings. The van der Waals surface area contributed by atoms with Crippen molar-refractivity contribution >= 4 is 11.9 Å². The molecule has 1 heterocycles. The van der Waals surface area contributed by atoms with Crippen molar-refractivity contribution in [3.05, 3.63) is 11.6 Å². The molecule has 1 aliphatic heterocycles. The number of aliphatic carboxylic acids is 1. The average Bonchev–Trinajstić information content (AvgIpc) is 3.02. The zero-order valence-electron chi connectivity index (χ0n) is 10.4. The largest absolute Gasteiger partial charge is 0.481 e. The van der Waals surface area contributed by atoms with Gasteiger partial charge in [0.2, 0.25) is 5.91 Å². The smallest absolute Gasteiger partial charge is 0.311 e. The SMILES string of the molecule is C/C(=C\C(=O)N1CCC(C)(C(=O)O)C1)C1CC1. The van der Waals surface area contributed by atoms with Crippen molar-refractivity contribution in [2.24, 2.45) is 11.3 Å². The molecule has 2 fully saturated rings. The van der Waals surface area contributed by atoms with Gasteiger partial charge in [0.25, 0.3) is 0 Å². The zero-order valence-corrected chi connectivity index (χ0v) is 10.4. The maximum atomic E-state index is 12.0. The lowest BCUT2D eigenvalue weighted by Gasteiger charge is -2.19. The van der Waals surface area contributed by atoms with E-state index in [9.17, 15) is 9.59 Å². The van der Waals surface area contributed by atoms with E-state index in [0.717, 1.165) is 5.57 Å². The Labute approximate surface area is 101 Å². The summed E-state index contributed by atoms with van der Waals surface area (Å²) in [4.78, 5) is 24.7. The fraction of sp³-hybridized carbons (Fsp3) is 0.692. The lowest BCUT2D eigenvalue weighted by molar-refractivity contribution is -0.147. The summed E-state index contributed by atoms with van der Waals surface area (Å²) in [7, 11) is 0. The molecule has 17 heavy (non-hydrogen) atoms. The molecular weight excluding hydrogens is 218 g/mol. The van der Waals surface area contributed by atoms with Crippen LogP contribution in [0.5, 0.6) is 0 Å². The molecule has 1 atom stereocenters. The van der Waals surface area contributed by atoms with Gasteiger partial charge in [-0.2, -0.15) is 0 Å². The number of carboxylic acid groups (broad SMARTS) is 1. The Morgan fingerprint density at radius 3 is 2.53 bits per heavy atom. The van der Waals surface area contributed by atoms with E-state index in [2.05, 4.69) is 0 Å². The van der Waals surface area contributed by atoms with Crippen molar-refractivity contribution in [1.29, 1.82) is 0 Å². The van der Waals surface area contributed by atoms with Crippen LogP contribution in [0, 0.1) is 11.3 Å². The molecule has 0 aromatic rings. The molecule has 1 aliphatic carbocycles. The molecule has 0 bridgehead atoms. The first-order valence-electron chi connectivity index (χ1n) is 6.13. The highest BCUT2D eigenvalue weighted by Crippen LogP contribution is 2.36. The van der Waals surface area contributed by atoms with Gasteiger partial charge in [0.15, 0.2) is 0 Å². The molecule has 0 aromatic carbocycles. The fourth-order valence-electron chi connectivity index (χ4n) is 2.27. The number of allylic oxidation sites excluding steroid dienone is 1. The van der Waals surface area contributed by atoms with E-state index < -0.39 is 11.4 Å². The second kappa shape index (κ2) is 4.17. The topological polar surface area (TPSA) is 57.6 Å². The molecule has 1 saturated carbocycles. The first-order valence-corrected chi connectivity index (χ1v) is 6.13. The summed E-state index contributed by atoms with van der Waals surface area (Å²) in [6.07, 6.45) is 4.60. The van der Waals surface area contributed by atoms with Gasteiger partial charge in [-0.3, -0.25) is 9.59 Å². The molecule has 4 nitrogen and oxygen atoms in total.